The van der Waals surface area contributed by atoms with Gasteiger partial charge >= 0.3 is 0 Å². The maximum atomic E-state index is 12.0. The molecule has 1 aromatic rings. The summed E-state index contributed by atoms with van der Waals surface area (Å²) >= 11 is 0. The first-order valence-electron chi connectivity index (χ1n) is 7.50. The maximum Gasteiger partial charge on any atom is 0.290 e. The van der Waals surface area contributed by atoms with Gasteiger partial charge in [-0.1, -0.05) is 6.42 Å². The lowest BCUT2D eigenvalue weighted by molar-refractivity contribution is 0.0931. The average molecular weight is 260 g/mol. The largest absolute Gasteiger partial charge is 0.349 e. The lowest BCUT2D eigenvalue weighted by Gasteiger charge is -2.21. The number of carbonyl (C=O) groups is 1. The lowest BCUT2D eigenvalue weighted by atomic mass is 9.89. The van der Waals surface area contributed by atoms with E-state index in [2.05, 4.69) is 20.5 Å². The number of hydrogen-bond donors (Lipinski definition) is 2. The molecule has 0 radical (unpaired) electrons. The van der Waals surface area contributed by atoms with Crippen molar-refractivity contribution in [1.82, 2.24) is 20.5 Å². The van der Waals surface area contributed by atoms with Gasteiger partial charge in [-0.2, -0.15) is 0 Å². The summed E-state index contributed by atoms with van der Waals surface area (Å²) in [7, 11) is 0. The van der Waals surface area contributed by atoms with Gasteiger partial charge in [-0.15, -0.1) is 5.10 Å². The Bertz CT molecular complexity index is 493. The summed E-state index contributed by atoms with van der Waals surface area (Å²) in [5, 5.41) is 9.92. The number of hydrogen-bond acceptors (Lipinski definition) is 3. The number of aromatic amines is 1. The highest BCUT2D eigenvalue weighted by Crippen LogP contribution is 2.47. The predicted octanol–water partition coefficient (Wildman–Crippen LogP) is 1.85. The van der Waals surface area contributed by atoms with E-state index in [-0.39, 0.29) is 5.91 Å². The molecule has 1 aromatic heterocycles. The van der Waals surface area contributed by atoms with Crippen LogP contribution in [0.3, 0.4) is 0 Å². The molecule has 0 saturated heterocycles. The minimum Gasteiger partial charge on any atom is -0.349 e. The average Bonchev–Trinajstić information content (AvgIpc) is 2.89. The van der Waals surface area contributed by atoms with Crippen LogP contribution in [0.15, 0.2) is 0 Å². The van der Waals surface area contributed by atoms with Crippen molar-refractivity contribution in [3.63, 3.8) is 0 Å². The highest BCUT2D eigenvalue weighted by atomic mass is 16.2. The van der Waals surface area contributed by atoms with Gasteiger partial charge < -0.3 is 5.32 Å². The Balaban J connectivity index is 1.33. The van der Waals surface area contributed by atoms with E-state index in [0.29, 0.717) is 17.7 Å². The molecule has 4 rings (SSSR count). The standard InChI is InChI=1S/C14H20N4O/c19-14(13-16-12(17-18-13)9-3-4-9)15-7-11-6-8-1-2-10(11)5-8/h8-11H,1-7H2,(H,15,19)(H,16,17,18). The minimum absolute atomic E-state index is 0.120. The molecule has 3 aliphatic carbocycles. The van der Waals surface area contributed by atoms with Gasteiger partial charge in [-0.3, -0.25) is 9.89 Å². The van der Waals surface area contributed by atoms with Crippen molar-refractivity contribution in [2.45, 2.75) is 44.4 Å². The van der Waals surface area contributed by atoms with Crippen molar-refractivity contribution in [2.24, 2.45) is 17.8 Å². The lowest BCUT2D eigenvalue weighted by Crippen LogP contribution is -2.32. The number of rotatable bonds is 4. The number of nitrogens with zero attached hydrogens (tertiary/aromatic N) is 2. The van der Waals surface area contributed by atoms with Gasteiger partial charge in [0.05, 0.1) is 0 Å². The third-order valence-electron chi connectivity index (χ3n) is 5.08. The fraction of sp³-hybridized carbons (Fsp3) is 0.786. The molecule has 102 valence electrons. The molecule has 3 saturated carbocycles. The number of aromatic nitrogens is 3. The van der Waals surface area contributed by atoms with Crippen LogP contribution in [0.5, 0.6) is 0 Å². The first-order chi connectivity index (χ1) is 9.29. The fourth-order valence-electron chi connectivity index (χ4n) is 3.84. The van der Waals surface area contributed by atoms with E-state index in [4.69, 9.17) is 0 Å². The normalized spacial score (nSPS) is 32.7. The second-order valence-electron chi connectivity index (χ2n) is 6.46. The van der Waals surface area contributed by atoms with Gasteiger partial charge in [-0.25, -0.2) is 4.98 Å². The fourth-order valence-corrected chi connectivity index (χ4v) is 3.84. The summed E-state index contributed by atoms with van der Waals surface area (Å²) in [6, 6.07) is 0. The predicted molar refractivity (Wildman–Crippen MR) is 69.6 cm³/mol. The monoisotopic (exact) mass is 260 g/mol. The van der Waals surface area contributed by atoms with Crippen molar-refractivity contribution >= 4 is 5.91 Å². The van der Waals surface area contributed by atoms with E-state index in [1.54, 1.807) is 0 Å². The van der Waals surface area contributed by atoms with E-state index in [0.717, 1.165) is 24.2 Å². The Morgan fingerprint density at radius 3 is 2.84 bits per heavy atom. The zero-order valence-corrected chi connectivity index (χ0v) is 11.1. The smallest absolute Gasteiger partial charge is 0.290 e. The molecule has 5 heteroatoms. The van der Waals surface area contributed by atoms with Gasteiger partial charge in [0.2, 0.25) is 5.82 Å². The Hall–Kier alpha value is -1.39. The Labute approximate surface area is 112 Å². The van der Waals surface area contributed by atoms with Crippen molar-refractivity contribution in [3.8, 4) is 0 Å². The Morgan fingerprint density at radius 1 is 1.26 bits per heavy atom. The van der Waals surface area contributed by atoms with Crippen LogP contribution in [0, 0.1) is 17.8 Å². The molecule has 3 atom stereocenters. The van der Waals surface area contributed by atoms with Crippen LogP contribution in [0.25, 0.3) is 0 Å². The molecule has 1 heterocycles. The Morgan fingerprint density at radius 2 is 2.16 bits per heavy atom. The van der Waals surface area contributed by atoms with Crippen LogP contribution in [0.1, 0.15) is 60.9 Å². The van der Waals surface area contributed by atoms with Crippen LogP contribution >= 0.6 is 0 Å². The third-order valence-corrected chi connectivity index (χ3v) is 5.08. The van der Waals surface area contributed by atoms with Crippen LogP contribution < -0.4 is 5.32 Å². The van der Waals surface area contributed by atoms with Crippen molar-refractivity contribution in [2.75, 3.05) is 6.54 Å². The zero-order valence-electron chi connectivity index (χ0n) is 11.1. The summed E-state index contributed by atoms with van der Waals surface area (Å²) < 4.78 is 0. The number of nitrogens with one attached hydrogen (secondary N) is 2. The molecular weight excluding hydrogens is 240 g/mol. The van der Waals surface area contributed by atoms with E-state index >= 15 is 0 Å². The molecule has 0 aliphatic heterocycles. The molecule has 3 aliphatic rings. The SMILES string of the molecule is O=C(NCC1CC2CCC1C2)c1n[nH]c(C2CC2)n1. The van der Waals surface area contributed by atoms with Crippen LogP contribution in [-0.2, 0) is 0 Å². The van der Waals surface area contributed by atoms with E-state index in [9.17, 15) is 4.79 Å². The molecule has 19 heavy (non-hydrogen) atoms. The second kappa shape index (κ2) is 4.32. The quantitative estimate of drug-likeness (QED) is 0.868. The van der Waals surface area contributed by atoms with Crippen LogP contribution in [0.4, 0.5) is 0 Å². The number of carbonyl (C=O) groups excluding carboxylic acids is 1. The molecule has 2 bridgehead atoms. The highest BCUT2D eigenvalue weighted by molar-refractivity contribution is 5.90. The molecule has 2 N–H and O–H groups in total. The summed E-state index contributed by atoms with van der Waals surface area (Å²) in [6.07, 6.45) is 7.78. The van der Waals surface area contributed by atoms with Gasteiger partial charge in [0, 0.05) is 12.5 Å². The highest BCUT2D eigenvalue weighted by Gasteiger charge is 2.39. The summed E-state index contributed by atoms with van der Waals surface area (Å²) in [5.41, 5.74) is 0. The summed E-state index contributed by atoms with van der Waals surface area (Å²) in [5.74, 6) is 4.04. The third kappa shape index (κ3) is 2.15. The summed E-state index contributed by atoms with van der Waals surface area (Å²) in [6.45, 7) is 0.799. The van der Waals surface area contributed by atoms with Crippen molar-refractivity contribution < 1.29 is 4.79 Å². The second-order valence-corrected chi connectivity index (χ2v) is 6.46. The van der Waals surface area contributed by atoms with E-state index in [1.165, 1.54) is 38.5 Å². The zero-order chi connectivity index (χ0) is 12.8. The van der Waals surface area contributed by atoms with E-state index in [1.807, 2.05) is 0 Å². The van der Waals surface area contributed by atoms with E-state index < -0.39 is 0 Å². The van der Waals surface area contributed by atoms with Crippen molar-refractivity contribution in [3.05, 3.63) is 11.6 Å². The minimum atomic E-state index is -0.120. The van der Waals surface area contributed by atoms with Crippen LogP contribution in [0.2, 0.25) is 0 Å². The van der Waals surface area contributed by atoms with Crippen molar-refractivity contribution in [1.29, 1.82) is 0 Å². The molecule has 0 aromatic carbocycles. The summed E-state index contributed by atoms with van der Waals surface area (Å²) in [4.78, 5) is 16.3. The molecule has 1 amide bonds. The van der Waals surface area contributed by atoms with Gasteiger partial charge in [0.25, 0.3) is 5.91 Å². The molecule has 5 nitrogen and oxygen atoms in total. The van der Waals surface area contributed by atoms with Gasteiger partial charge in [0.15, 0.2) is 0 Å². The molecular formula is C14H20N4O. The first kappa shape index (κ1) is 11.4. The van der Waals surface area contributed by atoms with Gasteiger partial charge in [0.1, 0.15) is 5.82 Å². The molecule has 3 unspecified atom stereocenters. The Kier molecular flexibility index (Phi) is 2.60. The molecule has 0 spiro atoms. The molecule has 3 fully saturated rings. The number of amides is 1. The maximum absolute atomic E-state index is 12.0. The van der Waals surface area contributed by atoms with Gasteiger partial charge in [-0.05, 0) is 49.9 Å². The topological polar surface area (TPSA) is 70.7 Å². The first-order valence-corrected chi connectivity index (χ1v) is 7.50. The number of fused-ring (bicyclic) bond motifs is 2. The van der Waals surface area contributed by atoms with Crippen LogP contribution in [-0.4, -0.2) is 27.6 Å². The number of H-pyrrole nitrogens is 1.